The Labute approximate surface area is 126 Å². The number of hydrogen-bond donors (Lipinski definition) is 1. The molecular formula is C16H14N6. The maximum absolute atomic E-state index is 4.66. The van der Waals surface area contributed by atoms with Crippen molar-refractivity contribution in [3.05, 3.63) is 53.6 Å². The van der Waals surface area contributed by atoms with Crippen LogP contribution in [0.15, 0.2) is 42.5 Å². The molecule has 0 radical (unpaired) electrons. The van der Waals surface area contributed by atoms with Crippen molar-refractivity contribution in [1.29, 1.82) is 0 Å². The van der Waals surface area contributed by atoms with E-state index >= 15 is 0 Å². The van der Waals surface area contributed by atoms with Crippen LogP contribution < -0.4 is 5.32 Å². The lowest BCUT2D eigenvalue weighted by Crippen LogP contribution is -2.01. The summed E-state index contributed by atoms with van der Waals surface area (Å²) in [4.78, 5) is 4.66. The van der Waals surface area contributed by atoms with Crippen molar-refractivity contribution < 1.29 is 0 Å². The zero-order valence-electron chi connectivity index (χ0n) is 12.3. The first-order valence-electron chi connectivity index (χ1n) is 7.03. The van der Waals surface area contributed by atoms with E-state index in [1.54, 1.807) is 4.52 Å². The van der Waals surface area contributed by atoms with Crippen LogP contribution in [-0.4, -0.2) is 25.0 Å². The highest BCUT2D eigenvalue weighted by Gasteiger charge is 2.11. The third-order valence-electron chi connectivity index (χ3n) is 3.51. The molecule has 0 saturated carbocycles. The lowest BCUT2D eigenvalue weighted by molar-refractivity contribution is 0.841. The molecule has 0 unspecified atom stereocenters. The summed E-state index contributed by atoms with van der Waals surface area (Å²) in [5.41, 5.74) is 5.70. The molecule has 22 heavy (non-hydrogen) atoms. The highest BCUT2D eigenvalue weighted by atomic mass is 15.5. The smallest absolute Gasteiger partial charge is 0.222 e. The van der Waals surface area contributed by atoms with Crippen LogP contribution in [0.5, 0.6) is 0 Å². The number of para-hydroxylation sites is 2. The van der Waals surface area contributed by atoms with Crippen LogP contribution >= 0.6 is 0 Å². The predicted molar refractivity (Wildman–Crippen MR) is 85.3 cm³/mol. The molecule has 0 aliphatic rings. The average molecular weight is 290 g/mol. The SMILES string of the molecule is Cc1cc(C)cc(Nc2nc3ccccc3n3nnnc23)c1. The topological polar surface area (TPSA) is 68.0 Å². The summed E-state index contributed by atoms with van der Waals surface area (Å²) in [5.74, 6) is 0.647. The van der Waals surface area contributed by atoms with Crippen molar-refractivity contribution in [3.8, 4) is 0 Å². The number of nitrogens with zero attached hydrogens (tertiary/aromatic N) is 5. The van der Waals surface area contributed by atoms with Gasteiger partial charge in [-0.05, 0) is 59.7 Å². The fourth-order valence-corrected chi connectivity index (χ4v) is 2.67. The van der Waals surface area contributed by atoms with Crippen LogP contribution in [0.3, 0.4) is 0 Å². The van der Waals surface area contributed by atoms with Gasteiger partial charge in [0.2, 0.25) is 5.65 Å². The second kappa shape index (κ2) is 4.77. The van der Waals surface area contributed by atoms with Crippen molar-refractivity contribution in [2.75, 3.05) is 5.32 Å². The Morgan fingerprint density at radius 2 is 1.77 bits per heavy atom. The third-order valence-corrected chi connectivity index (χ3v) is 3.51. The molecule has 0 saturated heterocycles. The van der Waals surface area contributed by atoms with Crippen LogP contribution in [0.25, 0.3) is 16.7 Å². The summed E-state index contributed by atoms with van der Waals surface area (Å²) in [6, 6.07) is 14.1. The minimum atomic E-state index is 0.609. The molecule has 0 amide bonds. The predicted octanol–water partition coefficient (Wildman–Crippen LogP) is 3.03. The molecule has 2 heterocycles. The molecule has 6 nitrogen and oxygen atoms in total. The maximum atomic E-state index is 4.66. The van der Waals surface area contributed by atoms with E-state index in [1.165, 1.54) is 11.1 Å². The Morgan fingerprint density at radius 1 is 1.00 bits per heavy atom. The van der Waals surface area contributed by atoms with Gasteiger partial charge in [0.25, 0.3) is 0 Å². The van der Waals surface area contributed by atoms with Gasteiger partial charge in [-0.15, -0.1) is 5.10 Å². The van der Waals surface area contributed by atoms with Crippen molar-refractivity contribution in [2.45, 2.75) is 13.8 Å². The van der Waals surface area contributed by atoms with Gasteiger partial charge in [0.1, 0.15) is 0 Å². The first-order valence-corrected chi connectivity index (χ1v) is 7.03. The van der Waals surface area contributed by atoms with E-state index in [4.69, 9.17) is 0 Å². The lowest BCUT2D eigenvalue weighted by atomic mass is 10.1. The van der Waals surface area contributed by atoms with E-state index in [0.717, 1.165) is 16.7 Å². The molecule has 6 heteroatoms. The lowest BCUT2D eigenvalue weighted by Gasteiger charge is -2.09. The molecule has 0 spiro atoms. The van der Waals surface area contributed by atoms with Gasteiger partial charge < -0.3 is 5.32 Å². The van der Waals surface area contributed by atoms with Crippen LogP contribution in [0.4, 0.5) is 11.5 Å². The number of fused-ring (bicyclic) bond motifs is 3. The van der Waals surface area contributed by atoms with Crippen molar-refractivity contribution in [1.82, 2.24) is 25.0 Å². The number of aryl methyl sites for hydroxylation is 2. The molecule has 0 aliphatic heterocycles. The average Bonchev–Trinajstić information content (AvgIpc) is 2.96. The quantitative estimate of drug-likeness (QED) is 0.614. The van der Waals surface area contributed by atoms with Gasteiger partial charge in [-0.1, -0.05) is 18.2 Å². The second-order valence-corrected chi connectivity index (χ2v) is 5.36. The van der Waals surface area contributed by atoms with E-state index in [-0.39, 0.29) is 0 Å². The molecule has 0 bridgehead atoms. The van der Waals surface area contributed by atoms with Crippen molar-refractivity contribution in [2.24, 2.45) is 0 Å². The van der Waals surface area contributed by atoms with Gasteiger partial charge in [0.15, 0.2) is 5.82 Å². The third kappa shape index (κ3) is 2.05. The summed E-state index contributed by atoms with van der Waals surface area (Å²) in [6.45, 7) is 4.14. The number of tetrazole rings is 1. The standard InChI is InChI=1S/C16H14N6/c1-10-7-11(2)9-12(8-10)17-15-16-19-20-21-22(16)14-6-4-3-5-13(14)18-15/h3-9H,1-2H3,(H,17,18). The highest BCUT2D eigenvalue weighted by Crippen LogP contribution is 2.23. The van der Waals surface area contributed by atoms with Crippen molar-refractivity contribution >= 4 is 28.2 Å². The van der Waals surface area contributed by atoms with Gasteiger partial charge in [-0.25, -0.2) is 4.98 Å². The minimum Gasteiger partial charge on any atom is -0.337 e. The summed E-state index contributed by atoms with van der Waals surface area (Å²) in [6.07, 6.45) is 0. The molecule has 2 aromatic carbocycles. The maximum Gasteiger partial charge on any atom is 0.222 e. The van der Waals surface area contributed by atoms with Gasteiger partial charge in [0, 0.05) is 5.69 Å². The fourth-order valence-electron chi connectivity index (χ4n) is 2.67. The number of aromatic nitrogens is 5. The van der Waals surface area contributed by atoms with E-state index in [2.05, 4.69) is 57.9 Å². The molecule has 0 atom stereocenters. The largest absolute Gasteiger partial charge is 0.337 e. The second-order valence-electron chi connectivity index (χ2n) is 5.36. The Hall–Kier alpha value is -3.02. The molecular weight excluding hydrogens is 276 g/mol. The Balaban J connectivity index is 1.91. The molecule has 0 fully saturated rings. The number of nitrogens with one attached hydrogen (secondary N) is 1. The van der Waals surface area contributed by atoms with E-state index in [0.29, 0.717) is 11.5 Å². The molecule has 0 aliphatic carbocycles. The summed E-state index contributed by atoms with van der Waals surface area (Å²) in [5, 5.41) is 15.3. The fraction of sp³-hybridized carbons (Fsp3) is 0.125. The molecule has 4 aromatic rings. The van der Waals surface area contributed by atoms with Crippen LogP contribution in [0.1, 0.15) is 11.1 Å². The summed E-state index contributed by atoms with van der Waals surface area (Å²) >= 11 is 0. The first-order chi connectivity index (χ1) is 10.7. The zero-order valence-corrected chi connectivity index (χ0v) is 12.3. The molecule has 2 aromatic heterocycles. The van der Waals surface area contributed by atoms with Gasteiger partial charge in [0.05, 0.1) is 11.0 Å². The van der Waals surface area contributed by atoms with Crippen molar-refractivity contribution in [3.63, 3.8) is 0 Å². The van der Waals surface area contributed by atoms with Crippen LogP contribution in [-0.2, 0) is 0 Å². The Bertz CT molecular complexity index is 968. The van der Waals surface area contributed by atoms with E-state index in [9.17, 15) is 0 Å². The number of benzene rings is 2. The monoisotopic (exact) mass is 290 g/mol. The number of anilines is 2. The van der Waals surface area contributed by atoms with Crippen LogP contribution in [0, 0.1) is 13.8 Å². The normalized spacial score (nSPS) is 11.2. The van der Waals surface area contributed by atoms with E-state index < -0.39 is 0 Å². The van der Waals surface area contributed by atoms with E-state index in [1.807, 2.05) is 24.3 Å². The number of rotatable bonds is 2. The van der Waals surface area contributed by atoms with Crippen LogP contribution in [0.2, 0.25) is 0 Å². The molecule has 4 rings (SSSR count). The zero-order chi connectivity index (χ0) is 15.1. The summed E-state index contributed by atoms with van der Waals surface area (Å²) in [7, 11) is 0. The first kappa shape index (κ1) is 12.7. The number of hydrogen-bond acceptors (Lipinski definition) is 5. The van der Waals surface area contributed by atoms with Gasteiger partial charge in [-0.3, -0.25) is 0 Å². The molecule has 108 valence electrons. The van der Waals surface area contributed by atoms with Gasteiger partial charge >= 0.3 is 0 Å². The van der Waals surface area contributed by atoms with Gasteiger partial charge in [-0.2, -0.15) is 4.52 Å². The minimum absolute atomic E-state index is 0.609. The summed E-state index contributed by atoms with van der Waals surface area (Å²) < 4.78 is 1.70. The Morgan fingerprint density at radius 3 is 2.59 bits per heavy atom. The highest BCUT2D eigenvalue weighted by molar-refractivity contribution is 5.83. The Kier molecular flexibility index (Phi) is 2.75. The molecule has 1 N–H and O–H groups in total.